The van der Waals surface area contributed by atoms with Gasteiger partial charge in [0.05, 0.1) is 0 Å². The van der Waals surface area contributed by atoms with E-state index in [9.17, 15) is 0 Å². The number of unbranched alkanes of at least 4 members (excludes halogenated alkanes) is 6. The van der Waals surface area contributed by atoms with E-state index in [1.54, 1.807) is 0 Å². The molecule has 0 aromatic heterocycles. The third kappa shape index (κ3) is 10.6. The molecule has 0 unspecified atom stereocenters. The van der Waals surface area contributed by atoms with E-state index >= 15 is 0 Å². The summed E-state index contributed by atoms with van der Waals surface area (Å²) in [5, 5.41) is 0. The lowest BCUT2D eigenvalue weighted by molar-refractivity contribution is 0.162. The third-order valence-corrected chi connectivity index (χ3v) is 3.97. The van der Waals surface area contributed by atoms with Crippen molar-refractivity contribution in [2.45, 2.75) is 107 Å². The van der Waals surface area contributed by atoms with Crippen LogP contribution in [0.4, 0.5) is 0 Å². The summed E-state index contributed by atoms with van der Waals surface area (Å²) in [4.78, 5) is 0. The fraction of sp³-hybridized carbons (Fsp3) is 0.818. The summed E-state index contributed by atoms with van der Waals surface area (Å²) in [6, 6.07) is 0. The first-order valence-corrected chi connectivity index (χ1v) is 9.72. The molecular weight excluding hydrogens is 280 g/mol. The standard InChI is InChI=1S/C22H42O/c1-9-11-13-15-17-19(21(3,4)5)23-20(22(6,7)8)18-16-14-12-10-2/h17-18H,9-16H2,1-8H3/b19-17-,20-18-. The molecule has 0 fully saturated rings. The van der Waals surface area contributed by atoms with Gasteiger partial charge >= 0.3 is 0 Å². The predicted molar refractivity (Wildman–Crippen MR) is 104 cm³/mol. The Balaban J connectivity index is 5.05. The normalized spacial score (nSPS) is 14.3. The van der Waals surface area contributed by atoms with Crippen molar-refractivity contribution in [3.8, 4) is 0 Å². The molecule has 0 aliphatic rings. The van der Waals surface area contributed by atoms with Crippen molar-refractivity contribution in [1.82, 2.24) is 0 Å². The average molecular weight is 323 g/mol. The molecule has 0 aliphatic carbocycles. The molecule has 0 N–H and O–H groups in total. The number of ether oxygens (including phenoxy) is 1. The lowest BCUT2D eigenvalue weighted by Crippen LogP contribution is -2.18. The van der Waals surface area contributed by atoms with E-state index < -0.39 is 0 Å². The number of hydrogen-bond acceptors (Lipinski definition) is 1. The fourth-order valence-electron chi connectivity index (χ4n) is 2.38. The van der Waals surface area contributed by atoms with Gasteiger partial charge in [0.2, 0.25) is 0 Å². The summed E-state index contributed by atoms with van der Waals surface area (Å²) in [7, 11) is 0. The van der Waals surface area contributed by atoms with Crippen LogP contribution in [0.25, 0.3) is 0 Å². The van der Waals surface area contributed by atoms with Crippen molar-refractivity contribution >= 4 is 0 Å². The maximum atomic E-state index is 6.46. The first kappa shape index (κ1) is 22.3. The highest BCUT2D eigenvalue weighted by Gasteiger charge is 2.25. The van der Waals surface area contributed by atoms with Gasteiger partial charge in [-0.15, -0.1) is 0 Å². The molecule has 0 aromatic carbocycles. The summed E-state index contributed by atoms with van der Waals surface area (Å²) in [5.74, 6) is 2.26. The van der Waals surface area contributed by atoms with Gasteiger partial charge in [-0.3, -0.25) is 0 Å². The number of hydrogen-bond donors (Lipinski definition) is 0. The summed E-state index contributed by atoms with van der Waals surface area (Å²) in [5.41, 5.74) is 0.111. The Labute approximate surface area is 146 Å². The van der Waals surface area contributed by atoms with Gasteiger partial charge in [0.1, 0.15) is 11.5 Å². The van der Waals surface area contributed by atoms with E-state index in [1.807, 2.05) is 0 Å². The van der Waals surface area contributed by atoms with Crippen molar-refractivity contribution in [3.63, 3.8) is 0 Å². The Hall–Kier alpha value is -0.720. The van der Waals surface area contributed by atoms with Gasteiger partial charge in [-0.25, -0.2) is 0 Å². The summed E-state index contributed by atoms with van der Waals surface area (Å²) in [6.45, 7) is 18.0. The predicted octanol–water partition coefficient (Wildman–Crippen LogP) is 8.02. The zero-order valence-electron chi connectivity index (χ0n) is 17.2. The molecular formula is C22H42O. The number of rotatable bonds is 10. The molecule has 0 saturated heterocycles. The minimum Gasteiger partial charge on any atom is -0.466 e. The molecule has 0 amide bonds. The van der Waals surface area contributed by atoms with Gasteiger partial charge in [-0.2, -0.15) is 0 Å². The second-order valence-corrected chi connectivity index (χ2v) is 8.73. The third-order valence-electron chi connectivity index (χ3n) is 3.97. The summed E-state index contributed by atoms with van der Waals surface area (Å²) >= 11 is 0. The van der Waals surface area contributed by atoms with Crippen LogP contribution in [-0.4, -0.2) is 0 Å². The molecule has 0 saturated carbocycles. The van der Waals surface area contributed by atoms with Crippen LogP contribution in [0, 0.1) is 10.8 Å². The smallest absolute Gasteiger partial charge is 0.105 e. The van der Waals surface area contributed by atoms with Crippen LogP contribution in [0.1, 0.15) is 107 Å². The van der Waals surface area contributed by atoms with Crippen molar-refractivity contribution in [3.05, 3.63) is 23.7 Å². The monoisotopic (exact) mass is 322 g/mol. The van der Waals surface area contributed by atoms with E-state index in [2.05, 4.69) is 67.5 Å². The lowest BCUT2D eigenvalue weighted by atomic mass is 9.90. The lowest BCUT2D eigenvalue weighted by Gasteiger charge is -2.30. The van der Waals surface area contributed by atoms with Crippen molar-refractivity contribution in [1.29, 1.82) is 0 Å². The van der Waals surface area contributed by atoms with Crippen molar-refractivity contribution in [2.24, 2.45) is 10.8 Å². The molecule has 0 heterocycles. The SMILES string of the molecule is CCCCC/C=C(\O/C(=C\CCCCC)C(C)(C)C)C(C)(C)C. The van der Waals surface area contributed by atoms with Gasteiger partial charge in [-0.1, -0.05) is 81.1 Å². The molecule has 0 radical (unpaired) electrons. The van der Waals surface area contributed by atoms with Crippen LogP contribution < -0.4 is 0 Å². The van der Waals surface area contributed by atoms with Gasteiger partial charge in [-0.05, 0) is 37.8 Å². The molecule has 1 heteroatoms. The first-order valence-electron chi connectivity index (χ1n) is 9.72. The second kappa shape index (κ2) is 10.9. The van der Waals surface area contributed by atoms with Gasteiger partial charge in [0.25, 0.3) is 0 Å². The van der Waals surface area contributed by atoms with E-state index in [-0.39, 0.29) is 10.8 Å². The molecule has 0 spiro atoms. The van der Waals surface area contributed by atoms with E-state index in [4.69, 9.17) is 4.74 Å². The minimum absolute atomic E-state index is 0.0555. The van der Waals surface area contributed by atoms with Crippen LogP contribution in [0.5, 0.6) is 0 Å². The quantitative estimate of drug-likeness (QED) is 0.292. The van der Waals surface area contributed by atoms with Crippen LogP contribution in [-0.2, 0) is 4.74 Å². The Morgan fingerprint density at radius 1 is 0.652 bits per heavy atom. The van der Waals surface area contributed by atoms with E-state index in [0.29, 0.717) is 0 Å². The molecule has 0 atom stereocenters. The Morgan fingerprint density at radius 2 is 1.00 bits per heavy atom. The zero-order chi connectivity index (χ0) is 17.9. The maximum absolute atomic E-state index is 6.46. The number of allylic oxidation sites excluding steroid dienone is 4. The van der Waals surface area contributed by atoms with Gasteiger partial charge < -0.3 is 4.74 Å². The Kier molecular flexibility index (Phi) is 10.6. The van der Waals surface area contributed by atoms with Gasteiger partial charge in [0.15, 0.2) is 0 Å². The highest BCUT2D eigenvalue weighted by Crippen LogP contribution is 2.35. The second-order valence-electron chi connectivity index (χ2n) is 8.73. The fourth-order valence-corrected chi connectivity index (χ4v) is 2.38. The minimum atomic E-state index is 0.0555. The van der Waals surface area contributed by atoms with Crippen LogP contribution in [0.2, 0.25) is 0 Å². The topological polar surface area (TPSA) is 9.23 Å². The Bertz CT molecular complexity index is 324. The zero-order valence-corrected chi connectivity index (χ0v) is 17.2. The molecule has 0 aliphatic heterocycles. The van der Waals surface area contributed by atoms with Crippen molar-refractivity contribution < 1.29 is 4.74 Å². The molecule has 0 rings (SSSR count). The highest BCUT2D eigenvalue weighted by atomic mass is 16.5. The highest BCUT2D eigenvalue weighted by molar-refractivity contribution is 5.12. The molecule has 23 heavy (non-hydrogen) atoms. The summed E-state index contributed by atoms with van der Waals surface area (Å²) in [6.07, 6.45) is 14.5. The molecule has 0 bridgehead atoms. The Morgan fingerprint density at radius 3 is 1.26 bits per heavy atom. The van der Waals surface area contributed by atoms with Gasteiger partial charge in [0, 0.05) is 10.8 Å². The first-order chi connectivity index (χ1) is 10.6. The summed E-state index contributed by atoms with van der Waals surface area (Å²) < 4.78 is 6.46. The van der Waals surface area contributed by atoms with E-state index in [0.717, 1.165) is 24.4 Å². The van der Waals surface area contributed by atoms with E-state index in [1.165, 1.54) is 38.5 Å². The molecule has 136 valence electrons. The van der Waals surface area contributed by atoms with Crippen LogP contribution >= 0.6 is 0 Å². The molecule has 0 aromatic rings. The molecule has 1 nitrogen and oxygen atoms in total. The average Bonchev–Trinajstić information content (AvgIpc) is 2.42. The van der Waals surface area contributed by atoms with Crippen molar-refractivity contribution in [2.75, 3.05) is 0 Å². The maximum Gasteiger partial charge on any atom is 0.105 e. The van der Waals surface area contributed by atoms with Crippen LogP contribution in [0.3, 0.4) is 0 Å². The largest absolute Gasteiger partial charge is 0.466 e. The van der Waals surface area contributed by atoms with Crippen LogP contribution in [0.15, 0.2) is 23.7 Å².